The molecule has 8 atom stereocenters. The number of nitro groups is 2. The van der Waals surface area contributed by atoms with Crippen LogP contribution in [-0.2, 0) is 33.4 Å². The highest BCUT2D eigenvalue weighted by molar-refractivity contribution is 5.94. The summed E-state index contributed by atoms with van der Waals surface area (Å²) in [6, 6.07) is 11.8. The molecular formula is C46H52N2O13. The van der Waals surface area contributed by atoms with Crippen molar-refractivity contribution in [1.29, 1.82) is 0 Å². The smallest absolute Gasteiger partial charge is 0.331 e. The summed E-state index contributed by atoms with van der Waals surface area (Å²) in [4.78, 5) is 76.4. The molecule has 0 spiro atoms. The Balaban J connectivity index is 1.34. The first kappa shape index (κ1) is 44.7. The maximum Gasteiger partial charge on any atom is 0.331 e. The summed E-state index contributed by atoms with van der Waals surface area (Å²) >= 11 is 0. The predicted molar refractivity (Wildman–Crippen MR) is 222 cm³/mol. The Morgan fingerprint density at radius 3 is 1.95 bits per heavy atom. The van der Waals surface area contributed by atoms with Gasteiger partial charge in [0, 0.05) is 42.7 Å². The number of hydrogen-bond acceptors (Lipinski definition) is 13. The summed E-state index contributed by atoms with van der Waals surface area (Å²) < 4.78 is 18.2. The van der Waals surface area contributed by atoms with Crippen LogP contribution in [0.5, 0.6) is 0 Å². The lowest BCUT2D eigenvalue weighted by Gasteiger charge is -2.67. The van der Waals surface area contributed by atoms with Gasteiger partial charge >= 0.3 is 17.9 Å². The molecule has 0 aromatic heterocycles. The molecule has 0 saturated heterocycles. The topological polar surface area (TPSA) is 223 Å². The first-order valence-electron chi connectivity index (χ1n) is 20.4. The molecule has 0 bridgehead atoms. The van der Waals surface area contributed by atoms with Crippen molar-refractivity contribution in [3.8, 4) is 0 Å². The maximum atomic E-state index is 14.1. The van der Waals surface area contributed by atoms with Gasteiger partial charge in [0.25, 0.3) is 11.4 Å². The molecule has 2 aromatic carbocycles. The number of carbonyl (C=O) groups excluding carboxylic acids is 4. The minimum Gasteiger partial charge on any atom is -0.459 e. The van der Waals surface area contributed by atoms with E-state index < -0.39 is 79.3 Å². The molecule has 0 aliphatic heterocycles. The summed E-state index contributed by atoms with van der Waals surface area (Å²) in [6.45, 7) is 10.3. The molecule has 324 valence electrons. The molecule has 0 amide bonds. The van der Waals surface area contributed by atoms with E-state index in [0.717, 1.165) is 17.7 Å². The SMILES string of the molecule is CC(=O)[C@]1(OC(=O)/C=C/c2ccccc2[N+](=O)[O-])CC[C@@]2(O)[C@]1(C)[C@H](OC(=O)/C=C(\C)C(C)C)CC1[C@@]3(C)CC[C@H](OC(=O)/C=C/c4ccccc4[N+](=O)[O-])CC3=CC[C@]12O. The van der Waals surface area contributed by atoms with Gasteiger partial charge in [-0.05, 0) is 94.9 Å². The molecule has 4 aliphatic carbocycles. The van der Waals surface area contributed by atoms with Gasteiger partial charge in [0.2, 0.25) is 0 Å². The number of hydrogen-bond donors (Lipinski definition) is 2. The van der Waals surface area contributed by atoms with Crippen LogP contribution in [0.4, 0.5) is 11.4 Å². The Bertz CT molecular complexity index is 2280. The third kappa shape index (κ3) is 7.62. The number of rotatable bonds is 12. The molecule has 3 saturated carbocycles. The fraction of sp³-hybridized carbons (Fsp3) is 0.478. The highest BCUT2D eigenvalue weighted by Gasteiger charge is 2.83. The van der Waals surface area contributed by atoms with Crippen molar-refractivity contribution in [1.82, 2.24) is 0 Å². The van der Waals surface area contributed by atoms with Gasteiger partial charge in [-0.25, -0.2) is 14.4 Å². The Labute approximate surface area is 353 Å². The quantitative estimate of drug-likeness (QED) is 0.0534. The van der Waals surface area contributed by atoms with Crippen LogP contribution in [0.15, 0.2) is 84.0 Å². The third-order valence-electron chi connectivity index (χ3n) is 14.2. The van der Waals surface area contributed by atoms with Crippen molar-refractivity contribution in [2.75, 3.05) is 0 Å². The van der Waals surface area contributed by atoms with Gasteiger partial charge in [-0.2, -0.15) is 0 Å². The van der Waals surface area contributed by atoms with Crippen LogP contribution in [0.2, 0.25) is 0 Å². The Morgan fingerprint density at radius 1 is 0.820 bits per heavy atom. The maximum absolute atomic E-state index is 14.1. The predicted octanol–water partition coefficient (Wildman–Crippen LogP) is 7.33. The number of allylic oxidation sites excluding steroid dienone is 1. The summed E-state index contributed by atoms with van der Waals surface area (Å²) in [5.74, 6) is -3.86. The average Bonchev–Trinajstić information content (AvgIpc) is 3.45. The van der Waals surface area contributed by atoms with Gasteiger partial charge in [0.05, 0.1) is 26.4 Å². The second kappa shape index (κ2) is 16.6. The number of ether oxygens (including phenoxy) is 3. The number of Topliss-reactive ketones (excluding diaryl/α,β-unsaturated/α-hetero) is 1. The Morgan fingerprint density at radius 2 is 1.39 bits per heavy atom. The zero-order chi connectivity index (χ0) is 44.7. The van der Waals surface area contributed by atoms with E-state index in [9.17, 15) is 49.6 Å². The van der Waals surface area contributed by atoms with Crippen LogP contribution in [0, 0.1) is 42.9 Å². The van der Waals surface area contributed by atoms with Crippen molar-refractivity contribution >= 4 is 47.2 Å². The molecule has 15 nitrogen and oxygen atoms in total. The fourth-order valence-corrected chi connectivity index (χ4v) is 10.5. The molecule has 4 aliphatic rings. The molecule has 6 rings (SSSR count). The summed E-state index contributed by atoms with van der Waals surface area (Å²) in [6.07, 6.45) is 6.47. The number of para-hydroxylation sites is 2. The monoisotopic (exact) mass is 840 g/mol. The Hall–Kier alpha value is -5.80. The zero-order valence-corrected chi connectivity index (χ0v) is 35.1. The lowest BCUT2D eigenvalue weighted by Crippen LogP contribution is -2.78. The summed E-state index contributed by atoms with van der Waals surface area (Å²) in [7, 11) is 0. The molecule has 2 aromatic rings. The van der Waals surface area contributed by atoms with Crippen molar-refractivity contribution < 1.29 is 53.4 Å². The van der Waals surface area contributed by atoms with Gasteiger partial charge < -0.3 is 24.4 Å². The molecule has 3 fully saturated rings. The van der Waals surface area contributed by atoms with Crippen LogP contribution >= 0.6 is 0 Å². The lowest BCUT2D eigenvalue weighted by atomic mass is 9.42. The number of carbonyl (C=O) groups is 4. The molecule has 2 N–H and O–H groups in total. The van der Waals surface area contributed by atoms with Crippen molar-refractivity contribution in [2.45, 2.75) is 115 Å². The zero-order valence-electron chi connectivity index (χ0n) is 35.1. The molecule has 1 unspecified atom stereocenters. The van der Waals surface area contributed by atoms with Gasteiger partial charge in [-0.1, -0.05) is 62.3 Å². The third-order valence-corrected chi connectivity index (χ3v) is 14.2. The van der Waals surface area contributed by atoms with Gasteiger partial charge in [0.15, 0.2) is 11.4 Å². The van der Waals surface area contributed by atoms with Crippen molar-refractivity contribution in [2.24, 2.45) is 22.7 Å². The normalized spacial score (nSPS) is 32.0. The fourth-order valence-electron chi connectivity index (χ4n) is 10.5. The van der Waals surface area contributed by atoms with E-state index in [-0.39, 0.29) is 54.1 Å². The number of nitro benzene ring substituents is 2. The van der Waals surface area contributed by atoms with Gasteiger partial charge in [-0.15, -0.1) is 0 Å². The largest absolute Gasteiger partial charge is 0.459 e. The number of aliphatic hydroxyl groups is 2. The number of ketones is 1. The van der Waals surface area contributed by atoms with Crippen LogP contribution in [0.1, 0.15) is 97.6 Å². The molecule has 0 heterocycles. The van der Waals surface area contributed by atoms with Crippen LogP contribution in [-0.4, -0.2) is 72.8 Å². The van der Waals surface area contributed by atoms with E-state index in [0.29, 0.717) is 24.8 Å². The molecule has 15 heteroatoms. The average molecular weight is 841 g/mol. The van der Waals surface area contributed by atoms with Crippen LogP contribution in [0.25, 0.3) is 12.2 Å². The minimum atomic E-state index is -2.17. The Kier molecular flexibility index (Phi) is 12.2. The highest BCUT2D eigenvalue weighted by Crippen LogP contribution is 2.71. The highest BCUT2D eigenvalue weighted by atomic mass is 16.6. The molecule has 0 radical (unpaired) electrons. The van der Waals surface area contributed by atoms with Crippen LogP contribution < -0.4 is 0 Å². The molecular weight excluding hydrogens is 789 g/mol. The van der Waals surface area contributed by atoms with Crippen molar-refractivity contribution in [3.63, 3.8) is 0 Å². The number of esters is 3. The van der Waals surface area contributed by atoms with Gasteiger partial charge in [0.1, 0.15) is 23.4 Å². The first-order valence-corrected chi connectivity index (χ1v) is 20.4. The summed E-state index contributed by atoms with van der Waals surface area (Å²) in [5.41, 5.74) is -7.40. The van der Waals surface area contributed by atoms with E-state index in [4.69, 9.17) is 14.2 Å². The van der Waals surface area contributed by atoms with E-state index >= 15 is 0 Å². The summed E-state index contributed by atoms with van der Waals surface area (Å²) in [5, 5.41) is 49.4. The lowest BCUT2D eigenvalue weighted by molar-refractivity contribution is -0.385. The molecule has 61 heavy (non-hydrogen) atoms. The number of nitrogens with zero attached hydrogens (tertiary/aromatic N) is 2. The number of benzene rings is 2. The first-order chi connectivity index (χ1) is 28.6. The van der Waals surface area contributed by atoms with E-state index in [1.54, 1.807) is 19.1 Å². The van der Waals surface area contributed by atoms with E-state index in [2.05, 4.69) is 0 Å². The second-order valence-electron chi connectivity index (χ2n) is 17.5. The van der Waals surface area contributed by atoms with Crippen molar-refractivity contribution in [3.05, 3.63) is 115 Å². The van der Waals surface area contributed by atoms with E-state index in [1.165, 1.54) is 68.5 Å². The minimum absolute atomic E-state index is 0.00549. The van der Waals surface area contributed by atoms with Gasteiger partial charge in [-0.3, -0.25) is 25.0 Å². The van der Waals surface area contributed by atoms with Crippen LogP contribution in [0.3, 0.4) is 0 Å². The number of fused-ring (bicyclic) bond motifs is 5. The van der Waals surface area contributed by atoms with E-state index in [1.807, 2.05) is 26.8 Å². The standard InChI is InChI=1S/C46H52N2O13/c1-28(2)29(3)25-41(52)60-38-27-37-42(5)21-20-34(59-39(50)17-15-31-11-7-9-13-35(31)47(55)56)26-33(42)19-22-44(37,53)46(54)24-23-45(30(4)49,43(38,46)6)61-40(51)18-16-32-12-8-10-14-36(32)48(57)58/h7-19,25,28,34,37-38,53-54H,20-24,26-27H2,1-6H3/b17-15+,18-16+,29-25+/t34-,37?,38+,42-,43+,44-,45+,46+/m0/s1. The second-order valence-corrected chi connectivity index (χ2v) is 17.5.